The molecule has 1 fully saturated rings. The highest BCUT2D eigenvalue weighted by molar-refractivity contribution is 7.09. The van der Waals surface area contributed by atoms with Crippen LogP contribution in [0.1, 0.15) is 62.1 Å². The van der Waals surface area contributed by atoms with Gasteiger partial charge in [-0.05, 0) is 25.8 Å². The predicted octanol–water partition coefficient (Wildman–Crippen LogP) is 3.69. The molecule has 0 spiro atoms. The Morgan fingerprint density at radius 1 is 1.38 bits per heavy atom. The van der Waals surface area contributed by atoms with E-state index in [0.717, 1.165) is 19.0 Å². The molecule has 0 aliphatic heterocycles. The van der Waals surface area contributed by atoms with E-state index >= 15 is 0 Å². The Bertz CT molecular complexity index is 305. The second-order valence-corrected chi connectivity index (χ2v) is 5.58. The standard InChI is InChI=1S/C13H22N2S/c1-2-3-4-5-8-14-9-12-10-16-13(15-12)11-6-7-11/h10-11,14H,2-9H2,1H3. The molecule has 1 saturated carbocycles. The lowest BCUT2D eigenvalue weighted by molar-refractivity contribution is 0.594. The molecule has 1 aromatic heterocycles. The van der Waals surface area contributed by atoms with Gasteiger partial charge in [0.2, 0.25) is 0 Å². The molecule has 0 radical (unpaired) electrons. The number of thiazole rings is 1. The Balaban J connectivity index is 1.57. The number of aromatic nitrogens is 1. The van der Waals surface area contributed by atoms with E-state index in [1.807, 2.05) is 11.3 Å². The van der Waals surface area contributed by atoms with Gasteiger partial charge in [-0.15, -0.1) is 11.3 Å². The molecule has 0 bridgehead atoms. The van der Waals surface area contributed by atoms with Gasteiger partial charge in [0.15, 0.2) is 0 Å². The third-order valence-electron chi connectivity index (χ3n) is 3.01. The summed E-state index contributed by atoms with van der Waals surface area (Å²) in [5.41, 5.74) is 1.24. The van der Waals surface area contributed by atoms with Gasteiger partial charge in [-0.2, -0.15) is 0 Å². The van der Waals surface area contributed by atoms with Crippen LogP contribution in [0.2, 0.25) is 0 Å². The summed E-state index contributed by atoms with van der Waals surface area (Å²) < 4.78 is 0. The van der Waals surface area contributed by atoms with Crippen LogP contribution in [0.25, 0.3) is 0 Å². The molecule has 0 aromatic carbocycles. The van der Waals surface area contributed by atoms with Gasteiger partial charge in [0, 0.05) is 17.8 Å². The predicted molar refractivity (Wildman–Crippen MR) is 69.9 cm³/mol. The SMILES string of the molecule is CCCCCCNCc1csc(C2CC2)n1. The zero-order chi connectivity index (χ0) is 11.2. The van der Waals surface area contributed by atoms with Gasteiger partial charge in [-0.3, -0.25) is 0 Å². The number of hydrogen-bond acceptors (Lipinski definition) is 3. The average molecular weight is 238 g/mol. The number of unbranched alkanes of at least 4 members (excludes halogenated alkanes) is 3. The highest BCUT2D eigenvalue weighted by Crippen LogP contribution is 2.41. The summed E-state index contributed by atoms with van der Waals surface area (Å²) in [6.07, 6.45) is 8.05. The van der Waals surface area contributed by atoms with Crippen molar-refractivity contribution in [1.82, 2.24) is 10.3 Å². The largest absolute Gasteiger partial charge is 0.311 e. The van der Waals surface area contributed by atoms with Gasteiger partial charge >= 0.3 is 0 Å². The van der Waals surface area contributed by atoms with E-state index in [9.17, 15) is 0 Å². The van der Waals surface area contributed by atoms with E-state index in [0.29, 0.717) is 0 Å². The van der Waals surface area contributed by atoms with Gasteiger partial charge < -0.3 is 5.32 Å². The number of nitrogens with one attached hydrogen (secondary N) is 1. The van der Waals surface area contributed by atoms with Crippen molar-refractivity contribution in [2.45, 2.75) is 57.9 Å². The second kappa shape index (κ2) is 6.36. The van der Waals surface area contributed by atoms with E-state index in [1.54, 1.807) is 0 Å². The van der Waals surface area contributed by atoms with Crippen molar-refractivity contribution < 1.29 is 0 Å². The van der Waals surface area contributed by atoms with Crippen molar-refractivity contribution in [3.63, 3.8) is 0 Å². The van der Waals surface area contributed by atoms with E-state index in [-0.39, 0.29) is 0 Å². The maximum Gasteiger partial charge on any atom is 0.0959 e. The van der Waals surface area contributed by atoms with Crippen LogP contribution in [0.3, 0.4) is 0 Å². The lowest BCUT2D eigenvalue weighted by atomic mass is 10.2. The molecule has 0 saturated heterocycles. The van der Waals surface area contributed by atoms with Crippen molar-refractivity contribution in [3.8, 4) is 0 Å². The average Bonchev–Trinajstić information content (AvgIpc) is 3.04. The third-order valence-corrected chi connectivity index (χ3v) is 4.07. The first-order valence-electron chi connectivity index (χ1n) is 6.55. The van der Waals surface area contributed by atoms with Gasteiger partial charge in [-0.25, -0.2) is 4.98 Å². The van der Waals surface area contributed by atoms with Crippen LogP contribution < -0.4 is 5.32 Å². The van der Waals surface area contributed by atoms with E-state index in [1.165, 1.54) is 49.2 Å². The van der Waals surface area contributed by atoms with Crippen molar-refractivity contribution in [3.05, 3.63) is 16.1 Å². The molecule has 1 heterocycles. The maximum absolute atomic E-state index is 4.66. The lowest BCUT2D eigenvalue weighted by Crippen LogP contribution is -2.14. The topological polar surface area (TPSA) is 24.9 Å². The minimum atomic E-state index is 0.809. The van der Waals surface area contributed by atoms with E-state index < -0.39 is 0 Å². The van der Waals surface area contributed by atoms with Crippen LogP contribution in [-0.4, -0.2) is 11.5 Å². The monoisotopic (exact) mass is 238 g/mol. The van der Waals surface area contributed by atoms with Crippen molar-refractivity contribution in [2.75, 3.05) is 6.54 Å². The van der Waals surface area contributed by atoms with Crippen molar-refractivity contribution >= 4 is 11.3 Å². The minimum absolute atomic E-state index is 0.809. The quantitative estimate of drug-likeness (QED) is 0.699. The first-order valence-corrected chi connectivity index (χ1v) is 7.43. The normalized spacial score (nSPS) is 15.6. The van der Waals surface area contributed by atoms with E-state index in [2.05, 4.69) is 22.6 Å². The van der Waals surface area contributed by atoms with Gasteiger partial charge in [0.05, 0.1) is 10.7 Å². The van der Waals surface area contributed by atoms with Crippen LogP contribution in [0, 0.1) is 0 Å². The molecule has 1 aliphatic carbocycles. The molecule has 16 heavy (non-hydrogen) atoms. The summed E-state index contributed by atoms with van der Waals surface area (Å²) in [5.74, 6) is 0.809. The lowest BCUT2D eigenvalue weighted by Gasteiger charge is -2.01. The maximum atomic E-state index is 4.66. The highest BCUT2D eigenvalue weighted by Gasteiger charge is 2.26. The minimum Gasteiger partial charge on any atom is -0.311 e. The fourth-order valence-corrected chi connectivity index (χ4v) is 2.81. The summed E-state index contributed by atoms with van der Waals surface area (Å²) >= 11 is 1.84. The molecule has 1 N–H and O–H groups in total. The van der Waals surface area contributed by atoms with Gasteiger partial charge in [0.25, 0.3) is 0 Å². The van der Waals surface area contributed by atoms with Crippen LogP contribution in [0.5, 0.6) is 0 Å². The first-order chi connectivity index (χ1) is 7.90. The summed E-state index contributed by atoms with van der Waals surface area (Å²) in [6, 6.07) is 0. The number of hydrogen-bond donors (Lipinski definition) is 1. The second-order valence-electron chi connectivity index (χ2n) is 4.69. The molecule has 0 amide bonds. The molecule has 2 rings (SSSR count). The van der Waals surface area contributed by atoms with Crippen LogP contribution >= 0.6 is 11.3 Å². The van der Waals surface area contributed by atoms with Crippen molar-refractivity contribution in [1.29, 1.82) is 0 Å². The summed E-state index contributed by atoms with van der Waals surface area (Å²) in [5, 5.41) is 7.06. The van der Waals surface area contributed by atoms with Gasteiger partial charge in [0.1, 0.15) is 0 Å². The third kappa shape index (κ3) is 3.87. The fraction of sp³-hybridized carbons (Fsp3) is 0.769. The molecular formula is C13H22N2S. The van der Waals surface area contributed by atoms with Crippen molar-refractivity contribution in [2.24, 2.45) is 0 Å². The Morgan fingerprint density at radius 2 is 2.25 bits per heavy atom. The Labute approximate surface area is 102 Å². The molecule has 0 unspecified atom stereocenters. The highest BCUT2D eigenvalue weighted by atomic mass is 32.1. The summed E-state index contributed by atoms with van der Waals surface area (Å²) in [6.45, 7) is 4.34. The Morgan fingerprint density at radius 3 is 3.00 bits per heavy atom. The molecule has 2 nitrogen and oxygen atoms in total. The van der Waals surface area contributed by atoms with E-state index in [4.69, 9.17) is 0 Å². The smallest absolute Gasteiger partial charge is 0.0959 e. The Hall–Kier alpha value is -0.410. The van der Waals surface area contributed by atoms with Crippen LogP contribution in [-0.2, 0) is 6.54 Å². The fourth-order valence-electron chi connectivity index (χ4n) is 1.81. The number of rotatable bonds is 8. The molecule has 1 aromatic rings. The first kappa shape index (κ1) is 12.1. The molecule has 3 heteroatoms. The zero-order valence-electron chi connectivity index (χ0n) is 10.2. The molecule has 1 aliphatic rings. The molecular weight excluding hydrogens is 216 g/mol. The number of nitrogens with zero attached hydrogens (tertiary/aromatic N) is 1. The zero-order valence-corrected chi connectivity index (χ0v) is 11.0. The summed E-state index contributed by atoms with van der Waals surface area (Å²) in [7, 11) is 0. The molecule has 90 valence electrons. The van der Waals surface area contributed by atoms with Crippen LogP contribution in [0.15, 0.2) is 5.38 Å². The summed E-state index contributed by atoms with van der Waals surface area (Å²) in [4.78, 5) is 4.66. The van der Waals surface area contributed by atoms with Crippen LogP contribution in [0.4, 0.5) is 0 Å². The Kier molecular flexibility index (Phi) is 4.79. The van der Waals surface area contributed by atoms with Gasteiger partial charge in [-0.1, -0.05) is 26.2 Å². The molecule has 0 atom stereocenters.